The Morgan fingerprint density at radius 3 is 2.43 bits per heavy atom. The summed E-state index contributed by atoms with van der Waals surface area (Å²) >= 11 is 0. The highest BCUT2D eigenvalue weighted by Crippen LogP contribution is 2.59. The molecule has 1 aromatic rings. The summed E-state index contributed by atoms with van der Waals surface area (Å²) in [5, 5.41) is 6.16. The predicted octanol–water partition coefficient (Wildman–Crippen LogP) is 2.79. The molecule has 1 aromatic heterocycles. The lowest BCUT2D eigenvalue weighted by atomic mass is 9.49. The molecule has 0 spiro atoms. The lowest BCUT2D eigenvalue weighted by Crippen LogP contribution is -2.52. The van der Waals surface area contributed by atoms with Gasteiger partial charge in [0, 0.05) is 32.0 Å². The molecule has 0 unspecified atom stereocenters. The zero-order chi connectivity index (χ0) is 15.7. The van der Waals surface area contributed by atoms with Crippen molar-refractivity contribution in [3.63, 3.8) is 0 Å². The molecule has 0 atom stereocenters. The lowest BCUT2D eigenvalue weighted by Gasteiger charge is -2.56. The molecule has 126 valence electrons. The zero-order valence-corrected chi connectivity index (χ0v) is 13.8. The van der Waals surface area contributed by atoms with E-state index in [9.17, 15) is 4.79 Å². The summed E-state index contributed by atoms with van der Waals surface area (Å²) in [6.45, 7) is 2.49. The fourth-order valence-electron chi connectivity index (χ4n) is 5.72. The Bertz CT molecular complexity index is 504. The van der Waals surface area contributed by atoms with E-state index in [1.165, 1.54) is 38.5 Å². The molecule has 0 saturated heterocycles. The van der Waals surface area contributed by atoms with Crippen molar-refractivity contribution >= 4 is 6.03 Å². The molecule has 4 aliphatic carbocycles. The second-order valence-corrected chi connectivity index (χ2v) is 8.18. The number of hydrogen-bond acceptors (Lipinski definition) is 2. The molecule has 4 bridgehead atoms. The second kappa shape index (κ2) is 6.17. The van der Waals surface area contributed by atoms with Crippen molar-refractivity contribution in [1.29, 1.82) is 0 Å². The van der Waals surface area contributed by atoms with Gasteiger partial charge in [0.2, 0.25) is 0 Å². The van der Waals surface area contributed by atoms with E-state index < -0.39 is 0 Å². The lowest BCUT2D eigenvalue weighted by molar-refractivity contribution is -0.0498. The Morgan fingerprint density at radius 1 is 1.13 bits per heavy atom. The third kappa shape index (κ3) is 3.38. The van der Waals surface area contributed by atoms with E-state index in [-0.39, 0.29) is 6.03 Å². The molecule has 4 saturated carbocycles. The smallest absolute Gasteiger partial charge is 0.314 e. The average Bonchev–Trinajstić information content (AvgIpc) is 3.02. The fourth-order valence-corrected chi connectivity index (χ4v) is 5.72. The van der Waals surface area contributed by atoms with Crippen LogP contribution >= 0.6 is 0 Å². The first-order valence-corrected chi connectivity index (χ1v) is 9.18. The summed E-state index contributed by atoms with van der Waals surface area (Å²) in [6, 6.07) is 0.00590. The van der Waals surface area contributed by atoms with Crippen LogP contribution in [-0.4, -0.2) is 28.7 Å². The number of hydrogen-bond donors (Lipinski definition) is 2. The first kappa shape index (κ1) is 15.0. The number of urea groups is 1. The number of aromatic nitrogens is 2. The molecule has 0 radical (unpaired) electrons. The maximum Gasteiger partial charge on any atom is 0.314 e. The van der Waals surface area contributed by atoms with E-state index in [1.54, 1.807) is 6.20 Å². The molecule has 2 N–H and O–H groups in total. The SMILES string of the molecule is O=C(NCCCn1ccnc1)NCC12CC3CC(CC(C3)C1)C2. The van der Waals surface area contributed by atoms with Crippen LogP contribution in [0, 0.1) is 23.2 Å². The van der Waals surface area contributed by atoms with Crippen LogP contribution in [0.1, 0.15) is 44.9 Å². The molecule has 23 heavy (non-hydrogen) atoms. The van der Waals surface area contributed by atoms with Gasteiger partial charge in [0.25, 0.3) is 0 Å². The van der Waals surface area contributed by atoms with Crippen LogP contribution in [-0.2, 0) is 6.54 Å². The fraction of sp³-hybridized carbons (Fsp3) is 0.778. The van der Waals surface area contributed by atoms with Gasteiger partial charge in [-0.3, -0.25) is 0 Å². The van der Waals surface area contributed by atoms with Crippen molar-refractivity contribution in [2.24, 2.45) is 23.2 Å². The van der Waals surface area contributed by atoms with Gasteiger partial charge in [0.05, 0.1) is 6.33 Å². The number of aryl methyl sites for hydroxylation is 1. The predicted molar refractivity (Wildman–Crippen MR) is 88.9 cm³/mol. The maximum absolute atomic E-state index is 12.1. The molecular weight excluding hydrogens is 288 g/mol. The molecule has 5 rings (SSSR count). The molecular formula is C18H28N4O. The van der Waals surface area contributed by atoms with Crippen LogP contribution in [0.5, 0.6) is 0 Å². The molecule has 0 aliphatic heterocycles. The van der Waals surface area contributed by atoms with Crippen LogP contribution in [0.2, 0.25) is 0 Å². The molecule has 4 aliphatic rings. The van der Waals surface area contributed by atoms with Gasteiger partial charge in [-0.05, 0) is 68.1 Å². The quantitative estimate of drug-likeness (QED) is 0.793. The summed E-state index contributed by atoms with van der Waals surface area (Å²) < 4.78 is 2.04. The molecule has 5 heteroatoms. The van der Waals surface area contributed by atoms with E-state index in [2.05, 4.69) is 15.6 Å². The Morgan fingerprint density at radius 2 is 1.83 bits per heavy atom. The largest absolute Gasteiger partial charge is 0.338 e. The van der Waals surface area contributed by atoms with Gasteiger partial charge in [0.1, 0.15) is 0 Å². The van der Waals surface area contributed by atoms with E-state index in [1.807, 2.05) is 17.1 Å². The van der Waals surface area contributed by atoms with Gasteiger partial charge in [-0.15, -0.1) is 0 Å². The third-order valence-electron chi connectivity index (χ3n) is 6.23. The van der Waals surface area contributed by atoms with Gasteiger partial charge < -0.3 is 15.2 Å². The van der Waals surface area contributed by atoms with Gasteiger partial charge in [-0.25, -0.2) is 9.78 Å². The standard InChI is InChI=1S/C18H28N4O/c23-17(20-2-1-4-22-5-3-19-13-22)21-12-18-9-14-6-15(10-18)8-16(7-14)11-18/h3,5,13-16H,1-2,4,6-12H2,(H2,20,21,23). The average molecular weight is 316 g/mol. The zero-order valence-electron chi connectivity index (χ0n) is 13.8. The molecule has 4 fully saturated rings. The van der Waals surface area contributed by atoms with Crippen molar-refractivity contribution in [3.05, 3.63) is 18.7 Å². The van der Waals surface area contributed by atoms with Crippen LogP contribution in [0.4, 0.5) is 4.79 Å². The van der Waals surface area contributed by atoms with Crippen molar-refractivity contribution in [3.8, 4) is 0 Å². The van der Waals surface area contributed by atoms with Gasteiger partial charge in [0.15, 0.2) is 0 Å². The van der Waals surface area contributed by atoms with E-state index in [4.69, 9.17) is 0 Å². The summed E-state index contributed by atoms with van der Waals surface area (Å²) in [7, 11) is 0. The van der Waals surface area contributed by atoms with Crippen molar-refractivity contribution in [1.82, 2.24) is 20.2 Å². The minimum absolute atomic E-state index is 0.00590. The van der Waals surface area contributed by atoms with Gasteiger partial charge in [-0.1, -0.05) is 0 Å². The van der Waals surface area contributed by atoms with Gasteiger partial charge in [-0.2, -0.15) is 0 Å². The highest BCUT2D eigenvalue weighted by Gasteiger charge is 2.50. The Hall–Kier alpha value is -1.52. The van der Waals surface area contributed by atoms with Crippen molar-refractivity contribution in [2.45, 2.75) is 51.5 Å². The minimum atomic E-state index is 0.00590. The number of nitrogens with zero attached hydrogens (tertiary/aromatic N) is 2. The second-order valence-electron chi connectivity index (χ2n) is 8.18. The van der Waals surface area contributed by atoms with Crippen LogP contribution < -0.4 is 10.6 Å². The maximum atomic E-state index is 12.1. The molecule has 1 heterocycles. The van der Waals surface area contributed by atoms with Crippen LogP contribution in [0.3, 0.4) is 0 Å². The highest BCUT2D eigenvalue weighted by molar-refractivity contribution is 5.73. The summed E-state index contributed by atoms with van der Waals surface area (Å²) in [6.07, 6.45) is 14.9. The monoisotopic (exact) mass is 316 g/mol. The third-order valence-corrected chi connectivity index (χ3v) is 6.23. The van der Waals surface area contributed by atoms with E-state index >= 15 is 0 Å². The summed E-state index contributed by atoms with van der Waals surface area (Å²) in [4.78, 5) is 16.1. The van der Waals surface area contributed by atoms with E-state index in [0.717, 1.165) is 37.3 Å². The molecule has 0 aromatic carbocycles. The van der Waals surface area contributed by atoms with E-state index in [0.29, 0.717) is 12.0 Å². The number of carbonyl (C=O) groups is 1. The number of imidazole rings is 1. The summed E-state index contributed by atoms with van der Waals surface area (Å²) in [5.41, 5.74) is 0.420. The molecule has 2 amide bonds. The number of amides is 2. The normalized spacial score (nSPS) is 34.5. The number of nitrogens with one attached hydrogen (secondary N) is 2. The van der Waals surface area contributed by atoms with Crippen molar-refractivity contribution in [2.75, 3.05) is 13.1 Å². The number of rotatable bonds is 6. The summed E-state index contributed by atoms with van der Waals surface area (Å²) in [5.74, 6) is 2.84. The van der Waals surface area contributed by atoms with Crippen molar-refractivity contribution < 1.29 is 4.79 Å². The Kier molecular flexibility index (Phi) is 4.04. The first-order chi connectivity index (χ1) is 11.2. The topological polar surface area (TPSA) is 59.0 Å². The van der Waals surface area contributed by atoms with Gasteiger partial charge >= 0.3 is 6.03 Å². The first-order valence-electron chi connectivity index (χ1n) is 9.18. The van der Waals surface area contributed by atoms with Crippen LogP contribution in [0.15, 0.2) is 18.7 Å². The highest BCUT2D eigenvalue weighted by atomic mass is 16.2. The van der Waals surface area contributed by atoms with Crippen LogP contribution in [0.25, 0.3) is 0 Å². The Labute approximate surface area is 138 Å². The minimum Gasteiger partial charge on any atom is -0.338 e. The number of carbonyl (C=O) groups excluding carboxylic acids is 1. The Balaban J connectivity index is 1.18. The molecule has 5 nitrogen and oxygen atoms in total.